The molecule has 0 radical (unpaired) electrons. The predicted molar refractivity (Wildman–Crippen MR) is 132 cm³/mol. The van der Waals surface area contributed by atoms with Crippen LogP contribution in [0.3, 0.4) is 0 Å². The van der Waals surface area contributed by atoms with Gasteiger partial charge in [-0.15, -0.1) is 0 Å². The molecule has 0 aliphatic rings. The van der Waals surface area contributed by atoms with Crippen LogP contribution in [0.15, 0.2) is 36.8 Å². The van der Waals surface area contributed by atoms with Gasteiger partial charge in [-0.3, -0.25) is 9.58 Å². The van der Waals surface area contributed by atoms with Gasteiger partial charge in [-0.2, -0.15) is 5.10 Å². The number of anilines is 1. The van der Waals surface area contributed by atoms with Crippen molar-refractivity contribution in [1.82, 2.24) is 19.7 Å². The maximum atomic E-state index is 13.7. The van der Waals surface area contributed by atoms with Gasteiger partial charge in [0.1, 0.15) is 5.82 Å². The molecule has 0 saturated carbocycles. The van der Waals surface area contributed by atoms with Crippen LogP contribution in [0.1, 0.15) is 33.3 Å². The number of nitrogens with zero attached hydrogens (tertiary/aromatic N) is 4. The van der Waals surface area contributed by atoms with E-state index < -0.39 is 5.82 Å². The molecule has 0 spiro atoms. The number of nitrogens with two attached hydrogens (primary N) is 1. The lowest BCUT2D eigenvalue weighted by molar-refractivity contribution is 0.166. The van der Waals surface area contributed by atoms with E-state index in [1.165, 1.54) is 12.1 Å². The Morgan fingerprint density at radius 1 is 1.12 bits per heavy atom. The molecule has 0 amide bonds. The summed E-state index contributed by atoms with van der Waals surface area (Å²) >= 11 is 12.2. The molecule has 2 heterocycles. The zero-order chi connectivity index (χ0) is 24.1. The molecule has 33 heavy (non-hydrogen) atoms. The number of rotatable bonds is 10. The second-order valence-corrected chi connectivity index (χ2v) is 9.23. The van der Waals surface area contributed by atoms with Crippen molar-refractivity contribution >= 4 is 29.0 Å². The molecule has 0 saturated heterocycles. The summed E-state index contributed by atoms with van der Waals surface area (Å²) in [5.74, 6) is 0.197. The van der Waals surface area contributed by atoms with E-state index in [1.807, 2.05) is 16.9 Å². The van der Waals surface area contributed by atoms with Crippen molar-refractivity contribution in [2.75, 3.05) is 18.9 Å². The minimum atomic E-state index is -0.513. The van der Waals surface area contributed by atoms with Gasteiger partial charge in [0.2, 0.25) is 0 Å². The van der Waals surface area contributed by atoms with Gasteiger partial charge < -0.3 is 10.5 Å². The minimum absolute atomic E-state index is 0.00635. The number of ether oxygens (including phenoxy) is 1. The number of hydrogen-bond acceptors (Lipinski definition) is 5. The summed E-state index contributed by atoms with van der Waals surface area (Å²) in [6.07, 6.45) is 5.82. The summed E-state index contributed by atoms with van der Waals surface area (Å²) in [7, 11) is 0. The molecule has 2 aromatic heterocycles. The van der Waals surface area contributed by atoms with Crippen molar-refractivity contribution in [3.63, 3.8) is 0 Å². The lowest BCUT2D eigenvalue weighted by Gasteiger charge is -2.30. The van der Waals surface area contributed by atoms with Crippen LogP contribution < -0.4 is 10.5 Å². The molecular weight excluding hydrogens is 464 g/mol. The van der Waals surface area contributed by atoms with E-state index in [0.717, 1.165) is 24.2 Å². The molecule has 2 N–H and O–H groups in total. The van der Waals surface area contributed by atoms with Crippen LogP contribution in [0.4, 0.5) is 10.2 Å². The first kappa shape index (κ1) is 25.3. The van der Waals surface area contributed by atoms with Crippen molar-refractivity contribution in [2.45, 2.75) is 52.7 Å². The van der Waals surface area contributed by atoms with E-state index in [4.69, 9.17) is 33.7 Å². The molecule has 0 atom stereocenters. The van der Waals surface area contributed by atoms with Crippen LogP contribution in [-0.2, 0) is 13.0 Å². The highest BCUT2D eigenvalue weighted by atomic mass is 35.5. The highest BCUT2D eigenvalue weighted by Gasteiger charge is 2.15. The molecule has 178 valence electrons. The molecule has 3 aromatic rings. The lowest BCUT2D eigenvalue weighted by Crippen LogP contribution is -2.39. The van der Waals surface area contributed by atoms with Crippen molar-refractivity contribution in [3.05, 3.63) is 58.2 Å². The average molecular weight is 494 g/mol. The maximum absolute atomic E-state index is 13.7. The van der Waals surface area contributed by atoms with E-state index in [-0.39, 0.29) is 17.4 Å². The first-order valence-electron chi connectivity index (χ1n) is 11.0. The Kier molecular flexibility index (Phi) is 8.57. The Balaban J connectivity index is 1.66. The molecule has 0 fully saturated rings. The Morgan fingerprint density at radius 3 is 2.55 bits per heavy atom. The average Bonchev–Trinajstić information content (AvgIpc) is 3.23. The van der Waals surface area contributed by atoms with Gasteiger partial charge in [0.05, 0.1) is 24.4 Å². The normalized spacial score (nSPS) is 11.7. The zero-order valence-corrected chi connectivity index (χ0v) is 20.9. The maximum Gasteiger partial charge on any atom is 0.166 e. The Hall–Kier alpha value is -2.35. The first-order chi connectivity index (χ1) is 15.7. The second-order valence-electron chi connectivity index (χ2n) is 8.44. The zero-order valence-electron chi connectivity index (χ0n) is 19.4. The van der Waals surface area contributed by atoms with Gasteiger partial charge >= 0.3 is 0 Å². The number of halogens is 3. The smallest absolute Gasteiger partial charge is 0.166 e. The highest BCUT2D eigenvalue weighted by Crippen LogP contribution is 2.30. The lowest BCUT2D eigenvalue weighted by atomic mass is 10.1. The number of nitrogen functional groups attached to an aromatic ring is 1. The van der Waals surface area contributed by atoms with Gasteiger partial charge in [0.15, 0.2) is 11.6 Å². The Morgan fingerprint density at radius 2 is 1.85 bits per heavy atom. The van der Waals surface area contributed by atoms with E-state index in [1.54, 1.807) is 12.4 Å². The second kappa shape index (κ2) is 11.2. The summed E-state index contributed by atoms with van der Waals surface area (Å²) in [5.41, 5.74) is 8.26. The third-order valence-corrected chi connectivity index (χ3v) is 6.27. The predicted octanol–water partition coefficient (Wildman–Crippen LogP) is 5.71. The van der Waals surface area contributed by atoms with Crippen LogP contribution in [0.2, 0.25) is 10.0 Å². The standard InChI is InChI=1S/C24H30Cl2FN5O/c1-15(2)32(16(3)4)9-8-31-14-18(13-30-31)17-11-22(24(28)29-12-17)33-10-7-19-20(25)5-6-21(27)23(19)26/h5-6,11-16H,7-10H2,1-4H3,(H2,28,29). The quantitative estimate of drug-likeness (QED) is 0.366. The fraction of sp³-hybridized carbons (Fsp3) is 0.417. The number of benzene rings is 1. The van der Waals surface area contributed by atoms with Crippen molar-refractivity contribution in [1.29, 1.82) is 0 Å². The van der Waals surface area contributed by atoms with Crippen molar-refractivity contribution in [2.24, 2.45) is 0 Å². The molecule has 1 aromatic carbocycles. The van der Waals surface area contributed by atoms with E-state index in [2.05, 4.69) is 42.7 Å². The molecule has 0 bridgehead atoms. The molecular formula is C24H30Cl2FN5O. The number of pyridine rings is 1. The molecule has 3 rings (SSSR count). The largest absolute Gasteiger partial charge is 0.489 e. The van der Waals surface area contributed by atoms with Crippen LogP contribution in [0.25, 0.3) is 11.1 Å². The van der Waals surface area contributed by atoms with Gasteiger partial charge in [-0.25, -0.2) is 9.37 Å². The van der Waals surface area contributed by atoms with Gasteiger partial charge in [-0.1, -0.05) is 23.2 Å². The molecule has 0 unspecified atom stereocenters. The van der Waals surface area contributed by atoms with Crippen LogP contribution in [-0.4, -0.2) is 44.9 Å². The minimum Gasteiger partial charge on any atom is -0.489 e. The van der Waals surface area contributed by atoms with E-state index >= 15 is 0 Å². The molecule has 9 heteroatoms. The Bertz CT molecular complexity index is 1080. The fourth-order valence-electron chi connectivity index (χ4n) is 3.76. The Labute approximate surface area is 204 Å². The first-order valence-corrected chi connectivity index (χ1v) is 11.7. The summed E-state index contributed by atoms with van der Waals surface area (Å²) in [5, 5.41) is 4.89. The van der Waals surface area contributed by atoms with E-state index in [0.29, 0.717) is 34.8 Å². The topological polar surface area (TPSA) is 69.2 Å². The highest BCUT2D eigenvalue weighted by molar-refractivity contribution is 6.36. The van der Waals surface area contributed by atoms with Gasteiger partial charge in [0, 0.05) is 53.6 Å². The van der Waals surface area contributed by atoms with Crippen LogP contribution in [0, 0.1) is 5.82 Å². The molecule has 0 aliphatic carbocycles. The number of hydrogen-bond donors (Lipinski definition) is 1. The third kappa shape index (κ3) is 6.37. The van der Waals surface area contributed by atoms with Crippen molar-refractivity contribution < 1.29 is 9.13 Å². The van der Waals surface area contributed by atoms with E-state index in [9.17, 15) is 4.39 Å². The summed E-state index contributed by atoms with van der Waals surface area (Å²) < 4.78 is 21.5. The SMILES string of the molecule is CC(C)N(CCn1cc(-c2cnc(N)c(OCCc3c(Cl)ccc(F)c3Cl)c2)cn1)C(C)C. The summed E-state index contributed by atoms with van der Waals surface area (Å²) in [6, 6.07) is 5.49. The summed E-state index contributed by atoms with van der Waals surface area (Å²) in [6.45, 7) is 10.7. The molecule has 0 aliphatic heterocycles. The van der Waals surface area contributed by atoms with Crippen molar-refractivity contribution in [3.8, 4) is 16.9 Å². The fourth-order valence-corrected chi connectivity index (χ4v) is 4.32. The monoisotopic (exact) mass is 493 g/mol. The van der Waals surface area contributed by atoms with Gasteiger partial charge in [0.25, 0.3) is 0 Å². The number of aromatic nitrogens is 3. The summed E-state index contributed by atoms with van der Waals surface area (Å²) in [4.78, 5) is 6.68. The van der Waals surface area contributed by atoms with Crippen LogP contribution >= 0.6 is 23.2 Å². The third-order valence-electron chi connectivity index (χ3n) is 5.51. The molecule has 6 nitrogen and oxygen atoms in total. The van der Waals surface area contributed by atoms with Crippen LogP contribution in [0.5, 0.6) is 5.75 Å². The van der Waals surface area contributed by atoms with Gasteiger partial charge in [-0.05, 0) is 51.5 Å².